The number of rotatable bonds is 14. The Morgan fingerprint density at radius 3 is 2.56 bits per heavy atom. The minimum absolute atomic E-state index is 0.0974. The van der Waals surface area contributed by atoms with Gasteiger partial charge in [0.25, 0.3) is 0 Å². The summed E-state index contributed by atoms with van der Waals surface area (Å²) in [6.45, 7) is 4.45. The van der Waals surface area contributed by atoms with Crippen molar-refractivity contribution < 1.29 is 27.6 Å². The van der Waals surface area contributed by atoms with E-state index in [0.717, 1.165) is 24.0 Å². The fourth-order valence-electron chi connectivity index (χ4n) is 4.74. The fourth-order valence-corrected chi connectivity index (χ4v) is 6.04. The molecule has 0 aliphatic heterocycles. The highest BCUT2D eigenvalue weighted by molar-refractivity contribution is 7.85. The zero-order valence-corrected chi connectivity index (χ0v) is 23.7. The van der Waals surface area contributed by atoms with Gasteiger partial charge >= 0.3 is 5.97 Å². The Bertz CT molecular complexity index is 1300. The van der Waals surface area contributed by atoms with Crippen molar-refractivity contribution in [1.82, 2.24) is 0 Å². The van der Waals surface area contributed by atoms with Crippen LogP contribution in [0.5, 0.6) is 11.5 Å². The van der Waals surface area contributed by atoms with Gasteiger partial charge in [-0.1, -0.05) is 44.0 Å². The molecule has 0 bridgehead atoms. The van der Waals surface area contributed by atoms with Gasteiger partial charge in [0.05, 0.1) is 30.9 Å². The summed E-state index contributed by atoms with van der Waals surface area (Å²) in [6.07, 6.45) is 4.51. The molecule has 1 fully saturated rings. The number of benzene rings is 3. The van der Waals surface area contributed by atoms with Gasteiger partial charge in [-0.25, -0.2) is 4.39 Å². The molecule has 1 aliphatic carbocycles. The zero-order chi connectivity index (χ0) is 27.8. The van der Waals surface area contributed by atoms with E-state index in [1.807, 2.05) is 50.2 Å². The molecular formula is C32H37FO5S. The molecule has 0 saturated heterocycles. The minimum Gasteiger partial charge on any atom is -0.497 e. The Labute approximate surface area is 233 Å². The van der Waals surface area contributed by atoms with Gasteiger partial charge in [-0.05, 0) is 79.1 Å². The lowest BCUT2D eigenvalue weighted by Gasteiger charge is -2.18. The van der Waals surface area contributed by atoms with Gasteiger partial charge in [-0.3, -0.25) is 9.00 Å². The molecule has 7 heteroatoms. The van der Waals surface area contributed by atoms with Crippen molar-refractivity contribution in [2.45, 2.75) is 63.4 Å². The molecule has 0 radical (unpaired) electrons. The average Bonchev–Trinajstić information content (AvgIpc) is 3.76. The Balaban J connectivity index is 1.55. The summed E-state index contributed by atoms with van der Waals surface area (Å²) < 4.78 is 44.6. The highest BCUT2D eigenvalue weighted by Gasteiger charge is 2.28. The quantitative estimate of drug-likeness (QED) is 0.195. The largest absolute Gasteiger partial charge is 0.497 e. The second-order valence-electron chi connectivity index (χ2n) is 9.97. The van der Waals surface area contributed by atoms with Crippen LogP contribution in [0.15, 0.2) is 65.6 Å². The van der Waals surface area contributed by atoms with Crippen molar-refractivity contribution in [3.8, 4) is 22.6 Å². The van der Waals surface area contributed by atoms with E-state index in [0.29, 0.717) is 52.2 Å². The van der Waals surface area contributed by atoms with E-state index < -0.39 is 16.6 Å². The first-order valence-corrected chi connectivity index (χ1v) is 15.0. The van der Waals surface area contributed by atoms with Crippen LogP contribution in [0.2, 0.25) is 0 Å². The second kappa shape index (κ2) is 13.7. The highest BCUT2D eigenvalue weighted by Crippen LogP contribution is 2.41. The normalized spacial score (nSPS) is 14.5. The number of ether oxygens (including phenoxy) is 3. The van der Waals surface area contributed by atoms with Crippen molar-refractivity contribution in [2.24, 2.45) is 5.92 Å². The van der Waals surface area contributed by atoms with E-state index in [9.17, 15) is 13.4 Å². The summed E-state index contributed by atoms with van der Waals surface area (Å²) in [4.78, 5) is 12.8. The van der Waals surface area contributed by atoms with Crippen molar-refractivity contribution in [3.63, 3.8) is 0 Å². The maximum atomic E-state index is 14.8. The van der Waals surface area contributed by atoms with Crippen molar-refractivity contribution in [1.29, 1.82) is 0 Å². The fraction of sp³-hybridized carbons (Fsp3) is 0.406. The van der Waals surface area contributed by atoms with Crippen LogP contribution in [0.3, 0.4) is 0 Å². The van der Waals surface area contributed by atoms with Crippen molar-refractivity contribution in [3.05, 3.63) is 77.6 Å². The van der Waals surface area contributed by atoms with E-state index in [1.54, 1.807) is 18.2 Å². The van der Waals surface area contributed by atoms with E-state index >= 15 is 0 Å². The van der Waals surface area contributed by atoms with Gasteiger partial charge in [-0.15, -0.1) is 0 Å². The lowest BCUT2D eigenvalue weighted by atomic mass is 9.90. The van der Waals surface area contributed by atoms with Crippen LogP contribution in [0.25, 0.3) is 11.1 Å². The standard InChI is InChI=1S/C32H37FO5S/c1-4-15-39(35)31-17-23(11-13-28(31)29-20-26(36-3)12-14-30(29)33)21-38-27-8-6-7-24(18-27)25(16-22-9-10-22)19-32(34)37-5-2/h6-8,11-14,17-18,20,22,25H,4-5,9-10,15-16,19,21H2,1-3H3/t25-,39?/m1/s1. The number of carbonyl (C=O) groups is 1. The number of carbonyl (C=O) groups excluding carboxylic acids is 1. The molecular weight excluding hydrogens is 515 g/mol. The van der Waals surface area contributed by atoms with E-state index in [1.165, 1.54) is 26.0 Å². The van der Waals surface area contributed by atoms with E-state index in [2.05, 4.69) is 0 Å². The van der Waals surface area contributed by atoms with Gasteiger partial charge in [0.2, 0.25) is 0 Å². The SMILES string of the molecule is CCCS(=O)c1cc(COc2cccc([C@@H](CC(=O)OCC)CC3CC3)c2)ccc1-c1cc(OC)ccc1F. The van der Waals surface area contributed by atoms with Gasteiger partial charge in [-0.2, -0.15) is 0 Å². The highest BCUT2D eigenvalue weighted by atomic mass is 32.2. The molecule has 1 saturated carbocycles. The summed E-state index contributed by atoms with van der Waals surface area (Å²) in [5, 5.41) is 0. The van der Waals surface area contributed by atoms with Crippen LogP contribution in [0.4, 0.5) is 4.39 Å². The number of hydrogen-bond acceptors (Lipinski definition) is 5. The number of methoxy groups -OCH3 is 1. The predicted molar refractivity (Wildman–Crippen MR) is 152 cm³/mol. The molecule has 39 heavy (non-hydrogen) atoms. The maximum absolute atomic E-state index is 14.8. The monoisotopic (exact) mass is 552 g/mol. The molecule has 3 aromatic rings. The first-order valence-electron chi connectivity index (χ1n) is 13.6. The summed E-state index contributed by atoms with van der Waals surface area (Å²) in [5.74, 6) is 1.92. The van der Waals surface area contributed by atoms with Crippen LogP contribution in [0, 0.1) is 11.7 Å². The lowest BCUT2D eigenvalue weighted by Crippen LogP contribution is -2.11. The predicted octanol–water partition coefficient (Wildman–Crippen LogP) is 7.43. The number of esters is 1. The third kappa shape index (κ3) is 7.91. The van der Waals surface area contributed by atoms with Crippen LogP contribution in [-0.2, 0) is 26.9 Å². The third-order valence-corrected chi connectivity index (χ3v) is 8.52. The Kier molecular flexibility index (Phi) is 10.2. The topological polar surface area (TPSA) is 61.8 Å². The Morgan fingerprint density at radius 1 is 1.03 bits per heavy atom. The molecule has 0 heterocycles. The minimum atomic E-state index is -1.29. The lowest BCUT2D eigenvalue weighted by molar-refractivity contribution is -0.143. The van der Waals surface area contributed by atoms with Gasteiger partial charge in [0.1, 0.15) is 23.9 Å². The number of halogens is 1. The second-order valence-corrected chi connectivity index (χ2v) is 11.5. The molecule has 3 aromatic carbocycles. The van der Waals surface area contributed by atoms with E-state index in [4.69, 9.17) is 14.2 Å². The summed E-state index contributed by atoms with van der Waals surface area (Å²) in [5.41, 5.74) is 2.86. The molecule has 1 aliphatic rings. The smallest absolute Gasteiger partial charge is 0.306 e. The van der Waals surface area contributed by atoms with Crippen LogP contribution in [0.1, 0.15) is 63.0 Å². The first-order chi connectivity index (χ1) is 18.9. The summed E-state index contributed by atoms with van der Waals surface area (Å²) in [6, 6.07) is 18.0. The molecule has 5 nitrogen and oxygen atoms in total. The molecule has 4 rings (SSSR count). The molecule has 208 valence electrons. The maximum Gasteiger partial charge on any atom is 0.306 e. The average molecular weight is 553 g/mol. The van der Waals surface area contributed by atoms with E-state index in [-0.39, 0.29) is 18.5 Å². The molecule has 0 aromatic heterocycles. The first kappa shape index (κ1) is 28.8. The third-order valence-electron chi connectivity index (χ3n) is 6.91. The number of hydrogen-bond donors (Lipinski definition) is 0. The molecule has 2 atom stereocenters. The Hall–Kier alpha value is -3.19. The van der Waals surface area contributed by atoms with Crippen LogP contribution in [-0.4, -0.2) is 29.6 Å². The van der Waals surface area contributed by atoms with Gasteiger partial charge in [0, 0.05) is 21.8 Å². The van der Waals surface area contributed by atoms with Crippen molar-refractivity contribution in [2.75, 3.05) is 19.5 Å². The zero-order valence-electron chi connectivity index (χ0n) is 22.9. The van der Waals surface area contributed by atoms with Crippen molar-refractivity contribution >= 4 is 16.8 Å². The molecule has 0 amide bonds. The molecule has 0 N–H and O–H groups in total. The Morgan fingerprint density at radius 2 is 1.85 bits per heavy atom. The van der Waals surface area contributed by atoms with Gasteiger partial charge < -0.3 is 14.2 Å². The van der Waals surface area contributed by atoms with Crippen LogP contribution >= 0.6 is 0 Å². The molecule has 1 unspecified atom stereocenters. The summed E-state index contributed by atoms with van der Waals surface area (Å²) >= 11 is 0. The molecule has 0 spiro atoms. The van der Waals surface area contributed by atoms with Gasteiger partial charge in [0.15, 0.2) is 0 Å². The summed E-state index contributed by atoms with van der Waals surface area (Å²) in [7, 11) is 0.240. The van der Waals surface area contributed by atoms with Crippen LogP contribution < -0.4 is 9.47 Å².